The van der Waals surface area contributed by atoms with E-state index in [2.05, 4.69) is 0 Å². The Bertz CT molecular complexity index is 82.3. The highest BCUT2D eigenvalue weighted by Crippen LogP contribution is 2.11. The van der Waals surface area contributed by atoms with Gasteiger partial charge in [0.15, 0.2) is 0 Å². The number of hydrogen-bond donors (Lipinski definition) is 0. The molecule has 0 spiro atoms. The minimum Gasteiger partial charge on any atom is -0.0658 e. The molecule has 0 aliphatic rings. The van der Waals surface area contributed by atoms with Crippen molar-refractivity contribution in [1.82, 2.24) is 0 Å². The molecule has 0 fully saturated rings. The molecule has 0 saturated carbocycles. The van der Waals surface area contributed by atoms with Crippen LogP contribution in [0.5, 0.6) is 0 Å². The van der Waals surface area contributed by atoms with E-state index in [-0.39, 0.29) is 0 Å². The first-order chi connectivity index (χ1) is 6.91. The van der Waals surface area contributed by atoms with Gasteiger partial charge in [0.1, 0.15) is 0 Å². The molecule has 0 aromatic carbocycles. The summed E-state index contributed by atoms with van der Waals surface area (Å²) >= 11 is 0. The van der Waals surface area contributed by atoms with Gasteiger partial charge in [0.25, 0.3) is 0 Å². The highest BCUT2D eigenvalue weighted by atomic mass is 28.1. The molecule has 0 aliphatic heterocycles. The van der Waals surface area contributed by atoms with E-state index in [0.29, 0.717) is 0 Å². The molecule has 0 bridgehead atoms. The van der Waals surface area contributed by atoms with Gasteiger partial charge in [0.05, 0.1) is 0 Å². The molecular weight excluding hydrogens is 200 g/mol. The van der Waals surface area contributed by atoms with E-state index in [4.69, 9.17) is 0 Å². The zero-order chi connectivity index (χ0) is 10.5. The van der Waals surface area contributed by atoms with E-state index in [1.165, 1.54) is 96.8 Å². The number of hydrogen-bond acceptors (Lipinski definition) is 0. The smallest absolute Gasteiger partial charge is 0.00279 e. The third-order valence-corrected chi connectivity index (χ3v) is 4.37. The van der Waals surface area contributed by atoms with Gasteiger partial charge in [-0.1, -0.05) is 76.3 Å². The lowest BCUT2D eigenvalue weighted by Gasteiger charge is -2.01. The monoisotopic (exact) mass is 230 g/mol. The van der Waals surface area contributed by atoms with Crippen molar-refractivity contribution in [3.8, 4) is 0 Å². The van der Waals surface area contributed by atoms with Crippen molar-refractivity contribution < 1.29 is 0 Å². The first kappa shape index (κ1) is 14.4. The van der Waals surface area contributed by atoms with Crippen molar-refractivity contribution in [3.05, 3.63) is 0 Å². The number of rotatable bonds is 11. The Morgan fingerprint density at radius 3 is 0.786 bits per heavy atom. The fourth-order valence-corrected chi connectivity index (χ4v) is 2.91. The zero-order valence-corrected chi connectivity index (χ0v) is 14.5. The predicted octanol–water partition coefficient (Wildman–Crippen LogP) is 2.45. The molecule has 14 heavy (non-hydrogen) atoms. The molecular formula is C12H30Si2. The summed E-state index contributed by atoms with van der Waals surface area (Å²) in [6.45, 7) is 0. The molecule has 0 unspecified atom stereocenters. The lowest BCUT2D eigenvalue weighted by Crippen LogP contribution is -1.82. The molecule has 0 rings (SSSR count). The summed E-state index contributed by atoms with van der Waals surface area (Å²) in [5, 5.41) is 0. The van der Waals surface area contributed by atoms with Gasteiger partial charge < -0.3 is 0 Å². The van der Waals surface area contributed by atoms with Gasteiger partial charge in [-0.15, -0.1) is 0 Å². The summed E-state index contributed by atoms with van der Waals surface area (Å²) in [6, 6.07) is 3.03. The van der Waals surface area contributed by atoms with Crippen LogP contribution in [-0.2, 0) is 0 Å². The fourth-order valence-electron chi connectivity index (χ4n) is 1.91. The summed E-state index contributed by atoms with van der Waals surface area (Å²) in [5.41, 5.74) is 0. The van der Waals surface area contributed by atoms with Crippen LogP contribution >= 0.6 is 0 Å². The normalized spacial score (nSPS) is 11.1. The molecule has 0 N–H and O–H groups in total. The average Bonchev–Trinajstić information content (AvgIpc) is 2.21. The minimum absolute atomic E-state index is 1.41. The maximum atomic E-state index is 1.51. The topological polar surface area (TPSA) is 0 Å². The average molecular weight is 231 g/mol. The fraction of sp³-hybridized carbons (Fsp3) is 1.00. The van der Waals surface area contributed by atoms with Crippen LogP contribution in [0.15, 0.2) is 0 Å². The predicted molar refractivity (Wildman–Crippen MR) is 75.7 cm³/mol. The first-order valence-corrected chi connectivity index (χ1v) is 9.74. The van der Waals surface area contributed by atoms with E-state index >= 15 is 0 Å². The van der Waals surface area contributed by atoms with Gasteiger partial charge in [0.2, 0.25) is 0 Å². The highest BCUT2D eigenvalue weighted by Gasteiger charge is 1.91. The van der Waals surface area contributed by atoms with Crippen molar-refractivity contribution in [1.29, 1.82) is 0 Å². The molecule has 0 heterocycles. The van der Waals surface area contributed by atoms with Crippen LogP contribution in [0.4, 0.5) is 0 Å². The second-order valence-electron chi connectivity index (χ2n) is 4.54. The van der Waals surface area contributed by atoms with Gasteiger partial charge in [-0.25, -0.2) is 0 Å². The van der Waals surface area contributed by atoms with Crippen molar-refractivity contribution in [2.75, 3.05) is 0 Å². The quantitative estimate of drug-likeness (QED) is 0.378. The van der Waals surface area contributed by atoms with Crippen molar-refractivity contribution in [2.45, 2.75) is 76.3 Å². The molecule has 0 aromatic heterocycles. The third kappa shape index (κ3) is 12.4. The van der Waals surface area contributed by atoms with Crippen LogP contribution in [0.3, 0.4) is 0 Å². The van der Waals surface area contributed by atoms with E-state index in [9.17, 15) is 0 Å². The van der Waals surface area contributed by atoms with E-state index in [1.807, 2.05) is 0 Å². The Hall–Kier alpha value is 0.434. The summed E-state index contributed by atoms with van der Waals surface area (Å²) in [6.07, 6.45) is 15.0. The lowest BCUT2D eigenvalue weighted by molar-refractivity contribution is 0.562. The molecule has 0 aliphatic carbocycles. The third-order valence-electron chi connectivity index (χ3n) is 2.96. The van der Waals surface area contributed by atoms with Crippen molar-refractivity contribution in [2.24, 2.45) is 0 Å². The molecule has 0 amide bonds. The first-order valence-electron chi connectivity index (χ1n) is 6.91. The van der Waals surface area contributed by atoms with Gasteiger partial charge in [0, 0.05) is 20.5 Å². The Balaban J connectivity index is 2.78. The molecule has 0 atom stereocenters. The summed E-state index contributed by atoms with van der Waals surface area (Å²) in [4.78, 5) is 0. The maximum Gasteiger partial charge on any atom is 0.00279 e. The Morgan fingerprint density at radius 2 is 0.571 bits per heavy atom. The van der Waals surface area contributed by atoms with Gasteiger partial charge >= 0.3 is 0 Å². The molecule has 86 valence electrons. The van der Waals surface area contributed by atoms with Crippen LogP contribution in [-0.4, -0.2) is 20.5 Å². The van der Waals surface area contributed by atoms with Crippen LogP contribution < -0.4 is 0 Å². The maximum absolute atomic E-state index is 1.51. The Kier molecular flexibility index (Phi) is 13.8. The lowest BCUT2D eigenvalue weighted by atomic mass is 10.1. The summed E-state index contributed by atoms with van der Waals surface area (Å²) in [7, 11) is 2.83. The van der Waals surface area contributed by atoms with E-state index in [1.54, 1.807) is 0 Å². The van der Waals surface area contributed by atoms with Crippen molar-refractivity contribution >= 4 is 20.5 Å². The molecule has 0 saturated heterocycles. The minimum atomic E-state index is 1.41. The van der Waals surface area contributed by atoms with Gasteiger partial charge in [-0.05, 0) is 0 Å². The second-order valence-corrected chi connectivity index (χ2v) is 6.54. The number of unbranched alkanes of at least 4 members (excludes halogenated alkanes) is 9. The standard InChI is InChI=1S/C12H30Si2/c13-11-9-7-5-3-1-2-4-6-8-10-12-14/h1-12H2,13-14H3. The summed E-state index contributed by atoms with van der Waals surface area (Å²) in [5.74, 6) is 0. The Labute approximate surface area is 97.1 Å². The largest absolute Gasteiger partial charge is 0.0658 e. The highest BCUT2D eigenvalue weighted by molar-refractivity contribution is 6.08. The van der Waals surface area contributed by atoms with Crippen LogP contribution in [0.2, 0.25) is 12.1 Å². The van der Waals surface area contributed by atoms with Gasteiger partial charge in [-0.3, -0.25) is 0 Å². The van der Waals surface area contributed by atoms with Gasteiger partial charge in [-0.2, -0.15) is 0 Å². The molecule has 0 nitrogen and oxygen atoms in total. The molecule has 0 aromatic rings. The zero-order valence-electron chi connectivity index (χ0n) is 10.5. The van der Waals surface area contributed by atoms with E-state index in [0.717, 1.165) is 0 Å². The van der Waals surface area contributed by atoms with Crippen LogP contribution in [0.1, 0.15) is 64.2 Å². The SMILES string of the molecule is [SiH3]CCCCCCCCCCCC[SiH3]. The molecule has 2 heteroatoms. The Morgan fingerprint density at radius 1 is 0.357 bits per heavy atom. The summed E-state index contributed by atoms with van der Waals surface area (Å²) < 4.78 is 0. The van der Waals surface area contributed by atoms with Crippen LogP contribution in [0.25, 0.3) is 0 Å². The molecule has 0 radical (unpaired) electrons. The van der Waals surface area contributed by atoms with Crippen molar-refractivity contribution in [3.63, 3.8) is 0 Å². The van der Waals surface area contributed by atoms with E-state index < -0.39 is 0 Å². The second kappa shape index (κ2) is 13.4. The van der Waals surface area contributed by atoms with Crippen LogP contribution in [0, 0.1) is 0 Å².